The fourth-order valence-corrected chi connectivity index (χ4v) is 1.31. The fraction of sp³-hybridized carbons (Fsp3) is 0.786. The molecular weight excluding hydrogens is 248 g/mol. The maximum Gasteiger partial charge on any atom is 0.330 e. The van der Waals surface area contributed by atoms with Crippen LogP contribution in [0, 0.1) is 5.41 Å². The lowest BCUT2D eigenvalue weighted by molar-refractivity contribution is -0.132. The zero-order valence-electron chi connectivity index (χ0n) is 12.1. The molecule has 0 bridgehead atoms. The molecule has 0 aliphatic rings. The van der Waals surface area contributed by atoms with Gasteiger partial charge in [-0.1, -0.05) is 39.2 Å². The molecule has 0 radical (unpaired) electrons. The molecular formula is C14H28O5. The average Bonchev–Trinajstić information content (AvgIpc) is 2.40. The van der Waals surface area contributed by atoms with Gasteiger partial charge in [0.15, 0.2) is 0 Å². The molecule has 0 rings (SSSR count). The van der Waals surface area contributed by atoms with Crippen molar-refractivity contribution in [3.63, 3.8) is 0 Å². The monoisotopic (exact) mass is 276 g/mol. The molecule has 19 heavy (non-hydrogen) atoms. The van der Waals surface area contributed by atoms with Gasteiger partial charge in [0.05, 0.1) is 19.8 Å². The zero-order valence-corrected chi connectivity index (χ0v) is 12.1. The maximum atomic E-state index is 9.60. The Hall–Kier alpha value is -0.910. The Morgan fingerprint density at radius 2 is 1.47 bits per heavy atom. The van der Waals surface area contributed by atoms with E-state index in [0.29, 0.717) is 6.42 Å². The van der Waals surface area contributed by atoms with Gasteiger partial charge in [-0.2, -0.15) is 0 Å². The minimum atomic E-state index is -0.935. The van der Waals surface area contributed by atoms with E-state index >= 15 is 0 Å². The molecule has 4 N–H and O–H groups in total. The average molecular weight is 276 g/mol. The van der Waals surface area contributed by atoms with E-state index in [1.54, 1.807) is 0 Å². The summed E-state index contributed by atoms with van der Waals surface area (Å²) in [5, 5.41) is 34.9. The first kappa shape index (κ1) is 20.4. The molecule has 0 saturated heterocycles. The molecule has 0 saturated carbocycles. The van der Waals surface area contributed by atoms with Gasteiger partial charge in [-0.05, 0) is 13.3 Å². The van der Waals surface area contributed by atoms with Crippen LogP contribution in [0.5, 0.6) is 0 Å². The maximum absolute atomic E-state index is 9.60. The van der Waals surface area contributed by atoms with E-state index in [4.69, 9.17) is 20.4 Å². The van der Waals surface area contributed by atoms with Crippen LogP contribution < -0.4 is 0 Å². The van der Waals surface area contributed by atoms with Gasteiger partial charge in [0.25, 0.3) is 0 Å². The standard InChI is InChI=1S/C10H22O3.C4H6O2/c1-2-3-4-5-6-10(7-11,8-12)9-13;1-3(2)4(5)6/h11-13H,2-9H2,1H3;1H2,2H3,(H,5,6). The third-order valence-corrected chi connectivity index (χ3v) is 2.93. The molecule has 0 aliphatic heterocycles. The number of carbonyl (C=O) groups is 1. The molecule has 5 nitrogen and oxygen atoms in total. The van der Waals surface area contributed by atoms with Crippen molar-refractivity contribution in [2.45, 2.75) is 46.0 Å². The largest absolute Gasteiger partial charge is 0.478 e. The Bertz CT molecular complexity index is 226. The highest BCUT2D eigenvalue weighted by atomic mass is 16.4. The van der Waals surface area contributed by atoms with E-state index in [-0.39, 0.29) is 25.4 Å². The molecule has 0 heterocycles. The van der Waals surface area contributed by atoms with Gasteiger partial charge in [-0.25, -0.2) is 4.79 Å². The number of hydrogen-bond donors (Lipinski definition) is 4. The minimum absolute atomic E-state index is 0.133. The number of unbranched alkanes of at least 4 members (excludes halogenated alkanes) is 3. The molecule has 0 aromatic rings. The molecule has 0 fully saturated rings. The van der Waals surface area contributed by atoms with Crippen molar-refractivity contribution >= 4 is 5.97 Å². The molecule has 0 unspecified atom stereocenters. The second-order valence-electron chi connectivity index (χ2n) is 4.87. The van der Waals surface area contributed by atoms with Gasteiger partial charge in [-0.15, -0.1) is 0 Å². The van der Waals surface area contributed by atoms with Crippen molar-refractivity contribution in [1.82, 2.24) is 0 Å². The lowest BCUT2D eigenvalue weighted by atomic mass is 9.85. The van der Waals surface area contributed by atoms with E-state index < -0.39 is 11.4 Å². The molecule has 0 aromatic heterocycles. The number of rotatable bonds is 9. The second-order valence-corrected chi connectivity index (χ2v) is 4.87. The van der Waals surface area contributed by atoms with E-state index in [1.807, 2.05) is 0 Å². The van der Waals surface area contributed by atoms with Crippen LogP contribution >= 0.6 is 0 Å². The van der Waals surface area contributed by atoms with Gasteiger partial charge >= 0.3 is 5.97 Å². The van der Waals surface area contributed by atoms with Crippen LogP contribution in [0.4, 0.5) is 0 Å². The quantitative estimate of drug-likeness (QED) is 0.378. The topological polar surface area (TPSA) is 98.0 Å². The first-order valence-corrected chi connectivity index (χ1v) is 6.60. The number of carboxylic acid groups (broad SMARTS) is 1. The van der Waals surface area contributed by atoms with Gasteiger partial charge in [0.2, 0.25) is 0 Å². The number of hydrogen-bond acceptors (Lipinski definition) is 4. The zero-order chi connectivity index (χ0) is 15.3. The number of aliphatic hydroxyl groups excluding tert-OH is 3. The highest BCUT2D eigenvalue weighted by Gasteiger charge is 2.26. The van der Waals surface area contributed by atoms with Gasteiger partial charge < -0.3 is 20.4 Å². The summed E-state index contributed by atoms with van der Waals surface area (Å²) in [5.74, 6) is -0.935. The third-order valence-electron chi connectivity index (χ3n) is 2.93. The van der Waals surface area contributed by atoms with Crippen molar-refractivity contribution in [3.05, 3.63) is 12.2 Å². The summed E-state index contributed by atoms with van der Waals surface area (Å²) in [6.45, 7) is 6.34. The van der Waals surface area contributed by atoms with Crippen LogP contribution in [0.15, 0.2) is 12.2 Å². The molecule has 0 aliphatic carbocycles. The van der Waals surface area contributed by atoms with E-state index in [9.17, 15) is 4.79 Å². The van der Waals surface area contributed by atoms with Crippen LogP contribution in [0.2, 0.25) is 0 Å². The van der Waals surface area contributed by atoms with Crippen LogP contribution in [0.25, 0.3) is 0 Å². The summed E-state index contributed by atoms with van der Waals surface area (Å²) in [7, 11) is 0. The smallest absolute Gasteiger partial charge is 0.330 e. The summed E-state index contributed by atoms with van der Waals surface area (Å²) in [6, 6.07) is 0. The molecule has 0 spiro atoms. The van der Waals surface area contributed by atoms with Crippen molar-refractivity contribution in [2.75, 3.05) is 19.8 Å². The van der Waals surface area contributed by atoms with Gasteiger partial charge in [-0.3, -0.25) is 0 Å². The highest BCUT2D eigenvalue weighted by molar-refractivity contribution is 5.84. The molecule has 0 amide bonds. The summed E-state index contributed by atoms with van der Waals surface area (Å²) in [6.07, 6.45) is 5.13. The Morgan fingerprint density at radius 3 is 1.74 bits per heavy atom. The Labute approximate surface area is 115 Å². The summed E-state index contributed by atoms with van der Waals surface area (Å²) < 4.78 is 0. The summed E-state index contributed by atoms with van der Waals surface area (Å²) in [5.41, 5.74) is -0.483. The predicted octanol–water partition coefficient (Wildman–Crippen LogP) is 1.57. The van der Waals surface area contributed by atoms with Crippen LogP contribution in [0.3, 0.4) is 0 Å². The molecule has 0 atom stereocenters. The van der Waals surface area contributed by atoms with Crippen LogP contribution in [-0.2, 0) is 4.79 Å². The molecule has 0 aromatic carbocycles. The van der Waals surface area contributed by atoms with Crippen molar-refractivity contribution < 1.29 is 25.2 Å². The molecule has 114 valence electrons. The minimum Gasteiger partial charge on any atom is -0.478 e. The highest BCUT2D eigenvalue weighted by Crippen LogP contribution is 2.23. The van der Waals surface area contributed by atoms with E-state index in [1.165, 1.54) is 19.8 Å². The third kappa shape index (κ3) is 10.7. The first-order valence-electron chi connectivity index (χ1n) is 6.60. The van der Waals surface area contributed by atoms with Crippen LogP contribution in [0.1, 0.15) is 46.0 Å². The van der Waals surface area contributed by atoms with Crippen LogP contribution in [-0.4, -0.2) is 46.2 Å². The van der Waals surface area contributed by atoms with E-state index in [2.05, 4.69) is 13.5 Å². The van der Waals surface area contributed by atoms with Crippen molar-refractivity contribution in [1.29, 1.82) is 0 Å². The first-order chi connectivity index (χ1) is 8.89. The fourth-order valence-electron chi connectivity index (χ4n) is 1.31. The number of aliphatic carboxylic acids is 1. The second kappa shape index (κ2) is 12.1. The SMILES string of the molecule is C=C(C)C(=O)O.CCCCCCC(CO)(CO)CO. The predicted molar refractivity (Wildman–Crippen MR) is 74.9 cm³/mol. The molecule has 5 heteroatoms. The van der Waals surface area contributed by atoms with E-state index in [0.717, 1.165) is 12.8 Å². The Morgan fingerprint density at radius 1 is 1.05 bits per heavy atom. The normalized spacial score (nSPS) is 10.6. The lowest BCUT2D eigenvalue weighted by Gasteiger charge is -2.27. The lowest BCUT2D eigenvalue weighted by Crippen LogP contribution is -2.33. The summed E-state index contributed by atoms with van der Waals surface area (Å²) in [4.78, 5) is 9.60. The van der Waals surface area contributed by atoms with Crippen molar-refractivity contribution in [3.8, 4) is 0 Å². The van der Waals surface area contributed by atoms with Crippen molar-refractivity contribution in [2.24, 2.45) is 5.41 Å². The number of carboxylic acids is 1. The Balaban J connectivity index is 0. The van der Waals surface area contributed by atoms with Gasteiger partial charge in [0, 0.05) is 11.0 Å². The Kier molecular flexibility index (Phi) is 13.0. The summed E-state index contributed by atoms with van der Waals surface area (Å²) >= 11 is 0. The number of aliphatic hydroxyl groups is 3. The van der Waals surface area contributed by atoms with Gasteiger partial charge in [0.1, 0.15) is 0 Å².